The molecule has 0 aliphatic carbocycles. The van der Waals surface area contributed by atoms with Gasteiger partial charge in [-0.25, -0.2) is 0 Å². The average Bonchev–Trinajstić information content (AvgIpc) is 2.92. The van der Waals surface area contributed by atoms with Gasteiger partial charge in [0.1, 0.15) is 6.04 Å². The van der Waals surface area contributed by atoms with Crippen LogP contribution < -0.4 is 15.5 Å². The Bertz CT molecular complexity index is 626. The number of benzene rings is 1. The number of carbonyl (C=O) groups is 3. The predicted molar refractivity (Wildman–Crippen MR) is 85.8 cm³/mol. The summed E-state index contributed by atoms with van der Waals surface area (Å²) in [5, 5.41) is 5.53. The molecule has 2 aliphatic rings. The fourth-order valence-electron chi connectivity index (χ4n) is 3.06. The zero-order chi connectivity index (χ0) is 16.4. The van der Waals surface area contributed by atoms with Crippen molar-refractivity contribution in [3.63, 3.8) is 0 Å². The van der Waals surface area contributed by atoms with Gasteiger partial charge in [0.15, 0.2) is 0 Å². The van der Waals surface area contributed by atoms with E-state index < -0.39 is 12.0 Å². The van der Waals surface area contributed by atoms with Crippen molar-refractivity contribution in [3.05, 3.63) is 29.8 Å². The SMILES string of the molecule is Cc1ccc(N2C[C@H](C(=O)N[C@@H]3CCCNC3=O)CC2=O)cc1. The molecule has 0 bridgehead atoms. The molecule has 1 aromatic rings. The summed E-state index contributed by atoms with van der Waals surface area (Å²) >= 11 is 0. The second-order valence-corrected chi connectivity index (χ2v) is 6.24. The molecule has 122 valence electrons. The maximum Gasteiger partial charge on any atom is 0.242 e. The highest BCUT2D eigenvalue weighted by Crippen LogP contribution is 2.25. The van der Waals surface area contributed by atoms with E-state index in [2.05, 4.69) is 10.6 Å². The molecule has 2 saturated heterocycles. The van der Waals surface area contributed by atoms with E-state index in [1.807, 2.05) is 31.2 Å². The number of hydrogen-bond donors (Lipinski definition) is 2. The summed E-state index contributed by atoms with van der Waals surface area (Å²) in [6, 6.07) is 7.20. The van der Waals surface area contributed by atoms with Crippen LogP contribution in [-0.4, -0.2) is 36.9 Å². The third kappa shape index (κ3) is 3.36. The van der Waals surface area contributed by atoms with Crippen molar-refractivity contribution in [3.8, 4) is 0 Å². The highest BCUT2D eigenvalue weighted by molar-refractivity contribution is 6.01. The summed E-state index contributed by atoms with van der Waals surface area (Å²) in [4.78, 5) is 37.9. The molecule has 3 amide bonds. The number of nitrogens with one attached hydrogen (secondary N) is 2. The van der Waals surface area contributed by atoms with E-state index in [4.69, 9.17) is 0 Å². The van der Waals surface area contributed by atoms with Gasteiger partial charge in [0.05, 0.1) is 5.92 Å². The minimum atomic E-state index is -0.472. The lowest BCUT2D eigenvalue weighted by atomic mass is 10.0. The average molecular weight is 315 g/mol. The Kier molecular flexibility index (Phi) is 4.32. The molecule has 2 fully saturated rings. The normalized spacial score (nSPS) is 24.5. The number of hydrogen-bond acceptors (Lipinski definition) is 3. The Hall–Kier alpha value is -2.37. The van der Waals surface area contributed by atoms with Crippen LogP contribution in [0.2, 0.25) is 0 Å². The van der Waals surface area contributed by atoms with E-state index in [1.165, 1.54) is 0 Å². The first kappa shape index (κ1) is 15.5. The van der Waals surface area contributed by atoms with E-state index in [0.29, 0.717) is 19.5 Å². The monoisotopic (exact) mass is 315 g/mol. The van der Waals surface area contributed by atoms with Crippen LogP contribution in [0.25, 0.3) is 0 Å². The fourth-order valence-corrected chi connectivity index (χ4v) is 3.06. The number of amides is 3. The Balaban J connectivity index is 1.63. The van der Waals surface area contributed by atoms with Gasteiger partial charge >= 0.3 is 0 Å². The van der Waals surface area contributed by atoms with Crippen molar-refractivity contribution in [1.29, 1.82) is 0 Å². The highest BCUT2D eigenvalue weighted by Gasteiger charge is 2.36. The maximum atomic E-state index is 12.4. The molecule has 0 saturated carbocycles. The Morgan fingerprint density at radius 2 is 2.00 bits per heavy atom. The van der Waals surface area contributed by atoms with Gasteiger partial charge in [-0.2, -0.15) is 0 Å². The number of carbonyl (C=O) groups excluding carboxylic acids is 3. The third-order valence-corrected chi connectivity index (χ3v) is 4.44. The first-order valence-corrected chi connectivity index (χ1v) is 8.00. The Labute approximate surface area is 135 Å². The van der Waals surface area contributed by atoms with Crippen molar-refractivity contribution in [2.75, 3.05) is 18.0 Å². The van der Waals surface area contributed by atoms with Crippen LogP contribution in [0.15, 0.2) is 24.3 Å². The first-order chi connectivity index (χ1) is 11.0. The van der Waals surface area contributed by atoms with Crippen molar-refractivity contribution in [2.24, 2.45) is 5.92 Å². The lowest BCUT2D eigenvalue weighted by molar-refractivity contribution is -0.132. The molecular formula is C17H21N3O3. The van der Waals surface area contributed by atoms with Crippen molar-refractivity contribution in [1.82, 2.24) is 10.6 Å². The van der Waals surface area contributed by atoms with Gasteiger partial charge in [0, 0.05) is 25.2 Å². The molecule has 6 nitrogen and oxygen atoms in total. The smallest absolute Gasteiger partial charge is 0.242 e. The molecule has 6 heteroatoms. The first-order valence-electron chi connectivity index (χ1n) is 8.00. The Morgan fingerprint density at radius 3 is 2.70 bits per heavy atom. The summed E-state index contributed by atoms with van der Waals surface area (Å²) in [6.45, 7) is 3.01. The number of nitrogens with zero attached hydrogens (tertiary/aromatic N) is 1. The van der Waals surface area contributed by atoms with E-state index in [9.17, 15) is 14.4 Å². The van der Waals surface area contributed by atoms with Crippen LogP contribution in [0.4, 0.5) is 5.69 Å². The van der Waals surface area contributed by atoms with Crippen molar-refractivity contribution in [2.45, 2.75) is 32.2 Å². The predicted octanol–water partition coefficient (Wildman–Crippen LogP) is 0.743. The third-order valence-electron chi connectivity index (χ3n) is 4.44. The lowest BCUT2D eigenvalue weighted by Gasteiger charge is -2.24. The number of anilines is 1. The van der Waals surface area contributed by atoms with Gasteiger partial charge in [-0.1, -0.05) is 17.7 Å². The molecule has 1 aromatic carbocycles. The molecule has 0 spiro atoms. The standard InChI is InChI=1S/C17H21N3O3/c1-11-4-6-13(7-5-11)20-10-12(9-15(20)21)16(22)19-14-3-2-8-18-17(14)23/h4-7,12,14H,2-3,8-10H2,1H3,(H,18,23)(H,19,22)/t12-,14-/m1/s1. The number of rotatable bonds is 3. The molecule has 0 radical (unpaired) electrons. The van der Waals surface area contributed by atoms with E-state index >= 15 is 0 Å². The molecule has 3 rings (SSSR count). The number of aryl methyl sites for hydroxylation is 1. The summed E-state index contributed by atoms with van der Waals surface area (Å²) in [5.74, 6) is -0.806. The quantitative estimate of drug-likeness (QED) is 0.864. The zero-order valence-electron chi connectivity index (χ0n) is 13.2. The van der Waals surface area contributed by atoms with Gasteiger partial charge < -0.3 is 15.5 Å². The largest absolute Gasteiger partial charge is 0.354 e. The van der Waals surface area contributed by atoms with Crippen LogP contribution in [0.5, 0.6) is 0 Å². The fraction of sp³-hybridized carbons (Fsp3) is 0.471. The summed E-state index contributed by atoms with van der Waals surface area (Å²) in [7, 11) is 0. The van der Waals surface area contributed by atoms with Crippen LogP contribution in [-0.2, 0) is 14.4 Å². The zero-order valence-corrected chi connectivity index (χ0v) is 13.2. The molecule has 2 heterocycles. The molecule has 2 atom stereocenters. The topological polar surface area (TPSA) is 78.5 Å². The highest BCUT2D eigenvalue weighted by atomic mass is 16.2. The molecule has 0 aromatic heterocycles. The van der Waals surface area contributed by atoms with Gasteiger partial charge in [-0.3, -0.25) is 14.4 Å². The second-order valence-electron chi connectivity index (χ2n) is 6.24. The van der Waals surface area contributed by atoms with Gasteiger partial charge in [0.2, 0.25) is 17.7 Å². The van der Waals surface area contributed by atoms with Crippen LogP contribution in [0.3, 0.4) is 0 Å². The van der Waals surface area contributed by atoms with Gasteiger partial charge in [-0.05, 0) is 31.9 Å². The van der Waals surface area contributed by atoms with Gasteiger partial charge in [0.25, 0.3) is 0 Å². The van der Waals surface area contributed by atoms with Crippen LogP contribution >= 0.6 is 0 Å². The summed E-state index contributed by atoms with van der Waals surface area (Å²) in [5.41, 5.74) is 1.93. The Morgan fingerprint density at radius 1 is 1.26 bits per heavy atom. The van der Waals surface area contributed by atoms with Crippen LogP contribution in [0.1, 0.15) is 24.8 Å². The molecule has 2 N–H and O–H groups in total. The minimum absolute atomic E-state index is 0.0536. The van der Waals surface area contributed by atoms with E-state index in [-0.39, 0.29) is 24.1 Å². The second kappa shape index (κ2) is 6.40. The number of piperidine rings is 1. The lowest BCUT2D eigenvalue weighted by Crippen LogP contribution is -2.51. The molecule has 23 heavy (non-hydrogen) atoms. The van der Waals surface area contributed by atoms with E-state index in [0.717, 1.165) is 17.7 Å². The van der Waals surface area contributed by atoms with E-state index in [1.54, 1.807) is 4.90 Å². The minimum Gasteiger partial charge on any atom is -0.354 e. The van der Waals surface area contributed by atoms with Crippen LogP contribution in [0, 0.1) is 12.8 Å². The van der Waals surface area contributed by atoms with Crippen molar-refractivity contribution >= 4 is 23.4 Å². The molecule has 0 unspecified atom stereocenters. The summed E-state index contributed by atoms with van der Waals surface area (Å²) < 4.78 is 0. The van der Waals surface area contributed by atoms with Crippen molar-refractivity contribution < 1.29 is 14.4 Å². The summed E-state index contributed by atoms with van der Waals surface area (Å²) in [6.07, 6.45) is 1.70. The molecule has 2 aliphatic heterocycles. The maximum absolute atomic E-state index is 12.4. The molecular weight excluding hydrogens is 294 g/mol. The van der Waals surface area contributed by atoms with Gasteiger partial charge in [-0.15, -0.1) is 0 Å².